The summed E-state index contributed by atoms with van der Waals surface area (Å²) in [5.74, 6) is 0.718. The fourth-order valence-corrected chi connectivity index (χ4v) is 3.36. The zero-order chi connectivity index (χ0) is 12.4. The highest BCUT2D eigenvalue weighted by molar-refractivity contribution is 9.10. The summed E-state index contributed by atoms with van der Waals surface area (Å²) in [5, 5.41) is 0. The smallest absolute Gasteiger partial charge is 0.0846 e. The van der Waals surface area contributed by atoms with Gasteiger partial charge in [0.15, 0.2) is 0 Å². The van der Waals surface area contributed by atoms with Crippen LogP contribution < -0.4 is 0 Å². The van der Waals surface area contributed by atoms with Crippen molar-refractivity contribution < 1.29 is 0 Å². The fraction of sp³-hybridized carbons (Fsp3) is 0.312. The molecule has 3 rings (SSSR count). The number of halogens is 1. The summed E-state index contributed by atoms with van der Waals surface area (Å²) in [6, 6.07) is 12.7. The summed E-state index contributed by atoms with van der Waals surface area (Å²) in [7, 11) is 0. The monoisotopic (exact) mass is 301 g/mol. The van der Waals surface area contributed by atoms with Gasteiger partial charge in [-0.15, -0.1) is 0 Å². The molecule has 1 aromatic heterocycles. The molecule has 0 radical (unpaired) electrons. The quantitative estimate of drug-likeness (QED) is 0.746. The lowest BCUT2D eigenvalue weighted by Gasteiger charge is -2.15. The van der Waals surface area contributed by atoms with E-state index in [0.29, 0.717) is 0 Å². The Kier molecular flexibility index (Phi) is 3.46. The SMILES string of the molecule is Brc1cccnc1-c1ccccc1C1CCCC1. The third-order valence-electron chi connectivity index (χ3n) is 3.77. The minimum atomic E-state index is 0.718. The van der Waals surface area contributed by atoms with E-state index in [1.165, 1.54) is 36.8 Å². The van der Waals surface area contributed by atoms with Crippen LogP contribution in [-0.4, -0.2) is 4.98 Å². The lowest BCUT2D eigenvalue weighted by molar-refractivity contribution is 0.724. The van der Waals surface area contributed by atoms with Crippen LogP contribution in [0.5, 0.6) is 0 Å². The molecule has 0 spiro atoms. The first-order valence-corrected chi connectivity index (χ1v) is 7.35. The molecule has 1 nitrogen and oxygen atoms in total. The van der Waals surface area contributed by atoms with E-state index in [2.05, 4.69) is 51.2 Å². The van der Waals surface area contributed by atoms with Crippen LogP contribution in [0, 0.1) is 0 Å². The molecule has 0 aliphatic heterocycles. The lowest BCUT2D eigenvalue weighted by Crippen LogP contribution is -1.97. The molecule has 0 amide bonds. The van der Waals surface area contributed by atoms with Crippen molar-refractivity contribution in [3.05, 3.63) is 52.6 Å². The molecule has 1 aliphatic rings. The highest BCUT2D eigenvalue weighted by Crippen LogP contribution is 2.39. The number of hydrogen-bond acceptors (Lipinski definition) is 1. The summed E-state index contributed by atoms with van der Waals surface area (Å²) in [5.41, 5.74) is 3.83. The van der Waals surface area contributed by atoms with Gasteiger partial charge in [-0.05, 0) is 52.4 Å². The van der Waals surface area contributed by atoms with Crippen LogP contribution >= 0.6 is 15.9 Å². The maximum atomic E-state index is 4.53. The Labute approximate surface area is 116 Å². The number of aromatic nitrogens is 1. The minimum absolute atomic E-state index is 0.718. The molecule has 0 unspecified atom stereocenters. The van der Waals surface area contributed by atoms with Crippen LogP contribution in [0.15, 0.2) is 47.1 Å². The Morgan fingerprint density at radius 2 is 1.78 bits per heavy atom. The zero-order valence-electron chi connectivity index (χ0n) is 10.3. The molecule has 1 aliphatic carbocycles. The third kappa shape index (κ3) is 2.22. The van der Waals surface area contributed by atoms with Crippen LogP contribution in [0.1, 0.15) is 37.2 Å². The highest BCUT2D eigenvalue weighted by Gasteiger charge is 2.21. The molecule has 1 fully saturated rings. The normalized spacial score (nSPS) is 16.1. The van der Waals surface area contributed by atoms with Gasteiger partial charge in [0, 0.05) is 16.2 Å². The zero-order valence-corrected chi connectivity index (χ0v) is 11.9. The van der Waals surface area contributed by atoms with E-state index in [4.69, 9.17) is 0 Å². The van der Waals surface area contributed by atoms with Crippen LogP contribution in [0.3, 0.4) is 0 Å². The second-order valence-electron chi connectivity index (χ2n) is 4.90. The van der Waals surface area contributed by atoms with Gasteiger partial charge in [-0.2, -0.15) is 0 Å². The van der Waals surface area contributed by atoms with Gasteiger partial charge in [0.2, 0.25) is 0 Å². The summed E-state index contributed by atoms with van der Waals surface area (Å²) in [4.78, 5) is 4.53. The van der Waals surface area contributed by atoms with Crippen LogP contribution in [-0.2, 0) is 0 Å². The number of benzene rings is 1. The molecule has 18 heavy (non-hydrogen) atoms. The molecule has 1 aromatic carbocycles. The second-order valence-corrected chi connectivity index (χ2v) is 5.76. The maximum Gasteiger partial charge on any atom is 0.0846 e. The van der Waals surface area contributed by atoms with Crippen molar-refractivity contribution in [3.63, 3.8) is 0 Å². The summed E-state index contributed by atoms with van der Waals surface area (Å²) in [6.45, 7) is 0. The van der Waals surface area contributed by atoms with Crippen molar-refractivity contribution in [1.29, 1.82) is 0 Å². The molecule has 1 saturated carbocycles. The van der Waals surface area contributed by atoms with E-state index in [9.17, 15) is 0 Å². The van der Waals surface area contributed by atoms with E-state index >= 15 is 0 Å². The average molecular weight is 302 g/mol. The number of nitrogens with zero attached hydrogens (tertiary/aromatic N) is 1. The van der Waals surface area contributed by atoms with Crippen molar-refractivity contribution >= 4 is 15.9 Å². The van der Waals surface area contributed by atoms with Crippen LogP contribution in [0.25, 0.3) is 11.3 Å². The van der Waals surface area contributed by atoms with Crippen molar-refractivity contribution in [2.75, 3.05) is 0 Å². The van der Waals surface area contributed by atoms with Gasteiger partial charge in [-0.1, -0.05) is 37.1 Å². The van der Waals surface area contributed by atoms with E-state index in [1.54, 1.807) is 0 Å². The Morgan fingerprint density at radius 3 is 2.56 bits per heavy atom. The second kappa shape index (κ2) is 5.23. The molecule has 92 valence electrons. The van der Waals surface area contributed by atoms with E-state index in [-0.39, 0.29) is 0 Å². The highest BCUT2D eigenvalue weighted by atomic mass is 79.9. The molecular weight excluding hydrogens is 286 g/mol. The fourth-order valence-electron chi connectivity index (χ4n) is 2.89. The molecule has 1 heterocycles. The Bertz CT molecular complexity index is 544. The predicted molar refractivity (Wildman–Crippen MR) is 78.6 cm³/mol. The van der Waals surface area contributed by atoms with Gasteiger partial charge in [0.05, 0.1) is 5.69 Å². The van der Waals surface area contributed by atoms with Crippen LogP contribution in [0.2, 0.25) is 0 Å². The first kappa shape index (κ1) is 11.9. The molecule has 2 heteroatoms. The molecular formula is C16H16BrN. The van der Waals surface area contributed by atoms with Gasteiger partial charge < -0.3 is 0 Å². The van der Waals surface area contributed by atoms with Gasteiger partial charge in [-0.25, -0.2) is 0 Å². The van der Waals surface area contributed by atoms with Crippen molar-refractivity contribution in [2.24, 2.45) is 0 Å². The van der Waals surface area contributed by atoms with E-state index < -0.39 is 0 Å². The topological polar surface area (TPSA) is 12.9 Å². The first-order chi connectivity index (χ1) is 8.86. The van der Waals surface area contributed by atoms with E-state index in [1.807, 2.05) is 12.3 Å². The number of pyridine rings is 1. The Morgan fingerprint density at radius 1 is 1.00 bits per heavy atom. The lowest BCUT2D eigenvalue weighted by atomic mass is 9.91. The average Bonchev–Trinajstić information content (AvgIpc) is 2.93. The summed E-state index contributed by atoms with van der Waals surface area (Å²) < 4.78 is 1.08. The van der Waals surface area contributed by atoms with Gasteiger partial charge in [0.25, 0.3) is 0 Å². The van der Waals surface area contributed by atoms with Crippen molar-refractivity contribution in [3.8, 4) is 11.3 Å². The van der Waals surface area contributed by atoms with E-state index in [0.717, 1.165) is 16.1 Å². The molecule has 0 atom stereocenters. The number of rotatable bonds is 2. The molecule has 2 aromatic rings. The molecule has 0 bridgehead atoms. The Hall–Kier alpha value is -1.15. The van der Waals surface area contributed by atoms with Gasteiger partial charge >= 0.3 is 0 Å². The Balaban J connectivity index is 2.09. The largest absolute Gasteiger partial charge is 0.255 e. The van der Waals surface area contributed by atoms with Crippen LogP contribution in [0.4, 0.5) is 0 Å². The van der Waals surface area contributed by atoms with Crippen molar-refractivity contribution in [1.82, 2.24) is 4.98 Å². The standard InChI is InChI=1S/C16H16BrN/c17-15-10-5-11-18-16(15)14-9-4-3-8-13(14)12-6-1-2-7-12/h3-5,8-12H,1-2,6-7H2. The van der Waals surface area contributed by atoms with Gasteiger partial charge in [-0.3, -0.25) is 4.98 Å². The molecule has 0 saturated heterocycles. The summed E-state index contributed by atoms with van der Waals surface area (Å²) in [6.07, 6.45) is 7.24. The third-order valence-corrected chi connectivity index (χ3v) is 4.41. The minimum Gasteiger partial charge on any atom is -0.255 e. The predicted octanol–water partition coefficient (Wildman–Crippen LogP) is 5.17. The van der Waals surface area contributed by atoms with Gasteiger partial charge in [0.1, 0.15) is 0 Å². The maximum absolute atomic E-state index is 4.53. The first-order valence-electron chi connectivity index (χ1n) is 6.56. The number of hydrogen-bond donors (Lipinski definition) is 0. The summed E-state index contributed by atoms with van der Waals surface area (Å²) >= 11 is 3.61. The molecule has 0 N–H and O–H groups in total. The van der Waals surface area contributed by atoms with Crippen molar-refractivity contribution in [2.45, 2.75) is 31.6 Å².